The Labute approximate surface area is 158 Å². The first-order chi connectivity index (χ1) is 12.7. The highest BCUT2D eigenvalue weighted by Crippen LogP contribution is 2.34. The van der Waals surface area contributed by atoms with Gasteiger partial charge in [0.2, 0.25) is 0 Å². The van der Waals surface area contributed by atoms with Gasteiger partial charge in [0.1, 0.15) is 5.82 Å². The second-order valence-electron chi connectivity index (χ2n) is 7.66. The Bertz CT molecular complexity index is 564. The molecule has 2 heterocycles. The molecule has 0 spiro atoms. The van der Waals surface area contributed by atoms with Crippen LogP contribution >= 0.6 is 0 Å². The molecule has 1 saturated carbocycles. The van der Waals surface area contributed by atoms with Crippen molar-refractivity contribution < 1.29 is 4.79 Å². The lowest BCUT2D eigenvalue weighted by molar-refractivity contribution is 0.156. The molecule has 1 aromatic heterocycles. The lowest BCUT2D eigenvalue weighted by Gasteiger charge is -2.34. The van der Waals surface area contributed by atoms with Crippen molar-refractivity contribution in [3.05, 3.63) is 23.9 Å². The smallest absolute Gasteiger partial charge is 0.317 e. The van der Waals surface area contributed by atoms with Gasteiger partial charge in [0.15, 0.2) is 0 Å². The zero-order valence-electron chi connectivity index (χ0n) is 16.4. The molecule has 0 bridgehead atoms. The van der Waals surface area contributed by atoms with Crippen LogP contribution < -0.4 is 10.2 Å². The van der Waals surface area contributed by atoms with Crippen LogP contribution in [0.4, 0.5) is 10.6 Å². The molecule has 5 nitrogen and oxygen atoms in total. The molecule has 2 amide bonds. The summed E-state index contributed by atoms with van der Waals surface area (Å²) in [6, 6.07) is 4.68. The van der Waals surface area contributed by atoms with Crippen LogP contribution in [0.2, 0.25) is 0 Å². The second kappa shape index (κ2) is 9.24. The maximum absolute atomic E-state index is 12.7. The number of amides is 2. The van der Waals surface area contributed by atoms with Crippen molar-refractivity contribution in [3.63, 3.8) is 0 Å². The third kappa shape index (κ3) is 4.49. The third-order valence-electron chi connectivity index (χ3n) is 6.09. The Hall–Kier alpha value is -1.78. The normalized spacial score (nSPS) is 21.0. The highest BCUT2D eigenvalue weighted by molar-refractivity contribution is 5.74. The van der Waals surface area contributed by atoms with Gasteiger partial charge in [-0.25, -0.2) is 9.78 Å². The number of nitrogens with one attached hydrogen (secondary N) is 1. The van der Waals surface area contributed by atoms with Crippen LogP contribution in [0, 0.1) is 5.92 Å². The Morgan fingerprint density at radius 3 is 2.58 bits per heavy atom. The highest BCUT2D eigenvalue weighted by atomic mass is 16.2. The Kier molecular flexibility index (Phi) is 6.75. The summed E-state index contributed by atoms with van der Waals surface area (Å²) in [5, 5.41) is 3.12. The van der Waals surface area contributed by atoms with E-state index in [1.807, 2.05) is 6.20 Å². The first-order valence-corrected chi connectivity index (χ1v) is 10.5. The largest absolute Gasteiger partial charge is 0.357 e. The van der Waals surface area contributed by atoms with Gasteiger partial charge in [-0.2, -0.15) is 0 Å². The predicted octanol–water partition coefficient (Wildman–Crippen LogP) is 4.18. The van der Waals surface area contributed by atoms with Gasteiger partial charge in [0.25, 0.3) is 0 Å². The van der Waals surface area contributed by atoms with E-state index in [9.17, 15) is 4.79 Å². The summed E-state index contributed by atoms with van der Waals surface area (Å²) in [5.41, 5.74) is 1.06. The molecule has 3 rings (SSSR count). The summed E-state index contributed by atoms with van der Waals surface area (Å²) < 4.78 is 0. The van der Waals surface area contributed by atoms with E-state index < -0.39 is 0 Å². The van der Waals surface area contributed by atoms with Gasteiger partial charge < -0.3 is 15.1 Å². The summed E-state index contributed by atoms with van der Waals surface area (Å²) in [6.07, 6.45) is 10.8. The van der Waals surface area contributed by atoms with Gasteiger partial charge in [0.05, 0.1) is 0 Å². The van der Waals surface area contributed by atoms with Gasteiger partial charge >= 0.3 is 6.03 Å². The van der Waals surface area contributed by atoms with Crippen LogP contribution in [0.15, 0.2) is 18.3 Å². The summed E-state index contributed by atoms with van der Waals surface area (Å²) in [5.74, 6) is 1.72. The molecule has 1 N–H and O–H groups in total. The number of hydrogen-bond donors (Lipinski definition) is 1. The zero-order valence-corrected chi connectivity index (χ0v) is 16.4. The number of carbonyl (C=O) groups excluding carboxylic acids is 1. The monoisotopic (exact) mass is 358 g/mol. The fourth-order valence-corrected chi connectivity index (χ4v) is 4.59. The van der Waals surface area contributed by atoms with Crippen LogP contribution in [0.3, 0.4) is 0 Å². The van der Waals surface area contributed by atoms with Crippen LogP contribution in [0.5, 0.6) is 0 Å². The molecule has 144 valence electrons. The van der Waals surface area contributed by atoms with Crippen molar-refractivity contribution in [1.29, 1.82) is 0 Å². The molecular weight excluding hydrogens is 324 g/mol. The van der Waals surface area contributed by atoms with Crippen molar-refractivity contribution in [2.75, 3.05) is 24.5 Å². The summed E-state index contributed by atoms with van der Waals surface area (Å²) >= 11 is 0. The minimum atomic E-state index is 0.103. The molecule has 0 aromatic carbocycles. The number of aromatic nitrogens is 1. The van der Waals surface area contributed by atoms with Crippen LogP contribution in [-0.2, 0) is 6.54 Å². The van der Waals surface area contributed by atoms with Crippen LogP contribution in [0.25, 0.3) is 0 Å². The number of hydrogen-bond acceptors (Lipinski definition) is 3. The Balaban J connectivity index is 1.53. The molecule has 0 radical (unpaired) electrons. The molecule has 1 aliphatic carbocycles. The number of carbonyl (C=O) groups is 1. The quantitative estimate of drug-likeness (QED) is 0.830. The van der Waals surface area contributed by atoms with E-state index in [-0.39, 0.29) is 6.03 Å². The van der Waals surface area contributed by atoms with Gasteiger partial charge in [-0.15, -0.1) is 0 Å². The van der Waals surface area contributed by atoms with Gasteiger partial charge in [-0.1, -0.05) is 25.3 Å². The molecule has 5 heteroatoms. The number of anilines is 1. The van der Waals surface area contributed by atoms with E-state index in [1.165, 1.54) is 38.5 Å². The molecule has 1 aliphatic heterocycles. The van der Waals surface area contributed by atoms with Crippen LogP contribution in [0.1, 0.15) is 64.4 Å². The zero-order chi connectivity index (χ0) is 18.4. The summed E-state index contributed by atoms with van der Waals surface area (Å²) in [6.45, 7) is 7.65. The van der Waals surface area contributed by atoms with Crippen LogP contribution in [-0.4, -0.2) is 41.6 Å². The number of rotatable bonds is 6. The van der Waals surface area contributed by atoms with E-state index in [0.717, 1.165) is 37.4 Å². The van der Waals surface area contributed by atoms with Crippen molar-refractivity contribution in [2.24, 2.45) is 5.92 Å². The second-order valence-corrected chi connectivity index (χ2v) is 7.66. The molecule has 2 fully saturated rings. The molecule has 26 heavy (non-hydrogen) atoms. The highest BCUT2D eigenvalue weighted by Gasteiger charge is 2.34. The maximum Gasteiger partial charge on any atom is 0.317 e. The van der Waals surface area contributed by atoms with Gasteiger partial charge in [0, 0.05) is 38.4 Å². The molecular formula is C21H34N4O. The number of nitrogens with zero attached hydrogens (tertiary/aromatic N) is 3. The van der Waals surface area contributed by atoms with Crippen molar-refractivity contribution in [3.8, 4) is 0 Å². The minimum Gasteiger partial charge on any atom is -0.357 e. The summed E-state index contributed by atoms with van der Waals surface area (Å²) in [7, 11) is 0. The first-order valence-electron chi connectivity index (χ1n) is 10.5. The topological polar surface area (TPSA) is 48.5 Å². The summed E-state index contributed by atoms with van der Waals surface area (Å²) in [4.78, 5) is 21.6. The van der Waals surface area contributed by atoms with Gasteiger partial charge in [-0.3, -0.25) is 0 Å². The average Bonchev–Trinajstić information content (AvgIpc) is 3.19. The average molecular weight is 359 g/mol. The first kappa shape index (κ1) is 19.0. The van der Waals surface area contributed by atoms with Crippen molar-refractivity contribution >= 4 is 11.8 Å². The molecule has 1 saturated heterocycles. The lowest BCUT2D eigenvalue weighted by Crippen LogP contribution is -2.45. The Morgan fingerprint density at radius 2 is 1.92 bits per heavy atom. The van der Waals surface area contributed by atoms with Gasteiger partial charge in [-0.05, 0) is 57.1 Å². The maximum atomic E-state index is 12.7. The van der Waals surface area contributed by atoms with E-state index in [2.05, 4.69) is 46.1 Å². The molecule has 0 unspecified atom stereocenters. The third-order valence-corrected chi connectivity index (χ3v) is 6.09. The number of pyridine rings is 1. The van der Waals surface area contributed by atoms with Crippen molar-refractivity contribution in [1.82, 2.24) is 15.2 Å². The van der Waals surface area contributed by atoms with E-state index in [1.54, 1.807) is 0 Å². The molecule has 1 aromatic rings. The number of likely N-dealkylation sites (tertiary alicyclic amines) is 1. The minimum absolute atomic E-state index is 0.103. The predicted molar refractivity (Wildman–Crippen MR) is 106 cm³/mol. The number of urea groups is 1. The Morgan fingerprint density at radius 1 is 1.15 bits per heavy atom. The molecule has 2 aliphatic rings. The van der Waals surface area contributed by atoms with E-state index in [4.69, 9.17) is 0 Å². The lowest BCUT2D eigenvalue weighted by atomic mass is 9.83. The standard InChI is InChI=1S/C21H34N4O/c1-3-24(4-2)20-13-12-17(15-22-20)16-23-21(26)25-14-8-11-19(25)18-9-6-5-7-10-18/h12-13,15,18-19H,3-11,14,16H2,1-2H3,(H,23,26)/t19-/m1/s1. The molecule has 1 atom stereocenters. The SMILES string of the molecule is CCN(CC)c1ccc(CNC(=O)N2CCC[C@@H]2C2CCCCC2)cn1. The fourth-order valence-electron chi connectivity index (χ4n) is 4.59. The van der Waals surface area contributed by atoms with Crippen molar-refractivity contribution in [2.45, 2.75) is 71.4 Å². The van der Waals surface area contributed by atoms with E-state index >= 15 is 0 Å². The fraction of sp³-hybridized carbons (Fsp3) is 0.714. The van der Waals surface area contributed by atoms with E-state index in [0.29, 0.717) is 18.5 Å².